The van der Waals surface area contributed by atoms with Crippen LogP contribution in [0.15, 0.2) is 54.6 Å². The Bertz CT molecular complexity index is 2380. The Morgan fingerprint density at radius 1 is 1.02 bits per heavy atom. The molecule has 3 fully saturated rings. The summed E-state index contributed by atoms with van der Waals surface area (Å²) in [5.41, 5.74) is -1.38. The smallest absolute Gasteiger partial charge is 0.408 e. The number of nitrogens with one attached hydrogen (secondary N) is 2. The van der Waals surface area contributed by atoms with Crippen LogP contribution >= 0.6 is 0 Å². The molecule has 2 saturated carbocycles. The number of hydrogen-bond donors (Lipinski definition) is 3. The Kier molecular flexibility index (Phi) is 12.7. The molecule has 340 valence electrons. The first-order valence-electron chi connectivity index (χ1n) is 21.9. The van der Waals surface area contributed by atoms with Gasteiger partial charge < -0.3 is 29.5 Å². The van der Waals surface area contributed by atoms with Crippen LogP contribution in [-0.4, -0.2) is 111 Å². The van der Waals surface area contributed by atoms with Crippen LogP contribution in [0.2, 0.25) is 0 Å². The van der Waals surface area contributed by atoms with Gasteiger partial charge in [0.15, 0.2) is 5.82 Å². The van der Waals surface area contributed by atoms with Gasteiger partial charge in [-0.25, -0.2) is 18.2 Å². The first-order valence-corrected chi connectivity index (χ1v) is 23.4. The van der Waals surface area contributed by atoms with E-state index < -0.39 is 80.2 Å². The Balaban J connectivity index is 1.29. The van der Waals surface area contributed by atoms with E-state index in [2.05, 4.69) is 17.0 Å². The molecule has 0 spiro atoms. The molecule has 2 aliphatic carbocycles. The lowest BCUT2D eigenvalue weighted by molar-refractivity contribution is -0.146. The van der Waals surface area contributed by atoms with E-state index in [4.69, 9.17) is 24.2 Å². The minimum Gasteiger partial charge on any atom is -0.497 e. The summed E-state index contributed by atoms with van der Waals surface area (Å²) < 4.78 is 46.3. The second-order valence-corrected chi connectivity index (χ2v) is 20.9. The lowest BCUT2D eigenvalue weighted by Crippen LogP contribution is -2.62. The topological polar surface area (TPSA) is 207 Å². The monoisotopic (exact) mass is 888 g/mol. The third kappa shape index (κ3) is 9.87. The Morgan fingerprint density at radius 2 is 1.71 bits per heavy atom. The molecule has 1 aromatic heterocycles. The zero-order chi connectivity index (χ0) is 45.6. The van der Waals surface area contributed by atoms with Gasteiger partial charge in [-0.3, -0.25) is 24.0 Å². The highest BCUT2D eigenvalue weighted by atomic mass is 32.2. The molecule has 3 heterocycles. The van der Waals surface area contributed by atoms with Gasteiger partial charge in [-0.05, 0) is 121 Å². The largest absolute Gasteiger partial charge is 0.497 e. The van der Waals surface area contributed by atoms with Crippen molar-refractivity contribution in [3.8, 4) is 28.8 Å². The molecule has 0 radical (unpaired) electrons. The van der Waals surface area contributed by atoms with E-state index in [-0.39, 0.29) is 37.3 Å². The minimum absolute atomic E-state index is 0.0220. The molecule has 0 unspecified atom stereocenters. The number of nitrogens with zero attached hydrogens (tertiary/aromatic N) is 4. The van der Waals surface area contributed by atoms with Crippen molar-refractivity contribution in [1.29, 1.82) is 0 Å². The van der Waals surface area contributed by atoms with E-state index in [9.17, 15) is 27.9 Å². The molecule has 2 aliphatic heterocycles. The van der Waals surface area contributed by atoms with Crippen LogP contribution in [0.5, 0.6) is 17.4 Å². The number of carbonyl (C=O) groups excluding carboxylic acids is 3. The molecule has 7 rings (SSSR count). The molecule has 1 saturated heterocycles. The molecule has 3 N–H and O–H groups in total. The maximum absolute atomic E-state index is 15.3. The number of ether oxygens (including phenoxy) is 3. The van der Waals surface area contributed by atoms with E-state index >= 15 is 4.79 Å². The predicted octanol–water partition coefficient (Wildman–Crippen LogP) is 6.08. The number of methoxy groups -OCH3 is 1. The number of hydrogen-bond acceptors (Lipinski definition) is 11. The van der Waals surface area contributed by atoms with Gasteiger partial charge in [0.1, 0.15) is 35.2 Å². The van der Waals surface area contributed by atoms with Gasteiger partial charge in [-0.2, -0.15) is 4.98 Å². The zero-order valence-electron chi connectivity index (χ0n) is 37.3. The average molecular weight is 889 g/mol. The molecule has 17 heteroatoms. The van der Waals surface area contributed by atoms with Crippen LogP contribution in [0, 0.1) is 17.8 Å². The number of amides is 4. The van der Waals surface area contributed by atoms with Crippen molar-refractivity contribution in [1.82, 2.24) is 29.8 Å². The molecular formula is C46H60N6O10S. The van der Waals surface area contributed by atoms with Crippen molar-refractivity contribution in [2.24, 2.45) is 17.8 Å². The highest BCUT2D eigenvalue weighted by Crippen LogP contribution is 2.46. The molecule has 4 aliphatic rings. The summed E-state index contributed by atoms with van der Waals surface area (Å²) in [7, 11) is -2.40. The fourth-order valence-electron chi connectivity index (χ4n) is 9.00. The first-order chi connectivity index (χ1) is 29.7. The highest BCUT2D eigenvalue weighted by Gasteiger charge is 2.62. The van der Waals surface area contributed by atoms with Gasteiger partial charge >= 0.3 is 6.09 Å². The summed E-state index contributed by atoms with van der Waals surface area (Å²) in [5, 5.41) is 13.5. The van der Waals surface area contributed by atoms with Crippen LogP contribution in [0.3, 0.4) is 0 Å². The standard InChI is InChI=1S/C46H60N6O10S/c1-26(2)61-31-15-13-29(14-16-31)39-47-36-22-32(60-8)17-20-35(36)41(48-39)62-33-23-37-40(53)49-46(43(55)50-63(58,59)34-18-19-34)24-30(46)12-10-9-11-27(3)21-28(4)38(42(54)51(37)25-33)52(44(56)57)45(5,6)7/h10,12-17,20,22,26-28,30,33-34,37-38H,9,11,18-19,21,23-25H2,1-8H3,(H,49,53)(H,50,55)(H,56,57)/t27-,28-,30-,33-,37+,38+,46-/m1/s1. The van der Waals surface area contributed by atoms with E-state index in [1.807, 2.05) is 57.2 Å². The van der Waals surface area contributed by atoms with E-state index in [1.54, 1.807) is 46.1 Å². The Morgan fingerprint density at radius 3 is 2.35 bits per heavy atom. The molecule has 3 aromatic rings. The summed E-state index contributed by atoms with van der Waals surface area (Å²) >= 11 is 0. The van der Waals surface area contributed by atoms with E-state index in [0.717, 1.165) is 6.42 Å². The van der Waals surface area contributed by atoms with Crippen LogP contribution in [0.4, 0.5) is 4.79 Å². The molecule has 7 atom stereocenters. The lowest BCUT2D eigenvalue weighted by Gasteiger charge is -2.43. The van der Waals surface area contributed by atoms with Crippen molar-refractivity contribution in [3.63, 3.8) is 0 Å². The number of fused-ring (bicyclic) bond motifs is 3. The van der Waals surface area contributed by atoms with Crippen molar-refractivity contribution < 1.29 is 46.9 Å². The van der Waals surface area contributed by atoms with Crippen molar-refractivity contribution >= 4 is 44.7 Å². The van der Waals surface area contributed by atoms with Crippen LogP contribution in [0.25, 0.3) is 22.3 Å². The third-order valence-corrected chi connectivity index (χ3v) is 14.2. The molecular weight excluding hydrogens is 829 g/mol. The van der Waals surface area contributed by atoms with Gasteiger partial charge in [-0.15, -0.1) is 0 Å². The molecule has 16 nitrogen and oxygen atoms in total. The summed E-state index contributed by atoms with van der Waals surface area (Å²) in [6, 6.07) is 10.2. The number of rotatable bonds is 10. The van der Waals surface area contributed by atoms with Gasteiger partial charge in [0.05, 0.1) is 35.9 Å². The molecule has 63 heavy (non-hydrogen) atoms. The highest BCUT2D eigenvalue weighted by molar-refractivity contribution is 7.91. The van der Waals surface area contributed by atoms with Crippen molar-refractivity contribution in [2.75, 3.05) is 13.7 Å². The second kappa shape index (κ2) is 17.6. The maximum Gasteiger partial charge on any atom is 0.408 e. The van der Waals surface area contributed by atoms with E-state index in [0.29, 0.717) is 59.5 Å². The predicted molar refractivity (Wildman–Crippen MR) is 236 cm³/mol. The SMILES string of the molecule is COc1ccc2c(O[C@@H]3C[C@H]4C(=O)N[C@]5(C(=O)NS(=O)(=O)C6CC6)C[C@H]5C=CCC[C@@H](C)C[C@@H](C)[C@H](N(C(=O)O)C(C)(C)C)C(=O)N4C3)nc(-c3ccc(OC(C)C)cc3)nc2c1. The quantitative estimate of drug-likeness (QED) is 0.198. The van der Waals surface area contributed by atoms with Crippen LogP contribution in [-0.2, 0) is 24.4 Å². The van der Waals surface area contributed by atoms with Crippen LogP contribution in [0.1, 0.15) is 93.4 Å². The number of allylic oxidation sites excluding steroid dienone is 1. The van der Waals surface area contributed by atoms with Crippen molar-refractivity contribution in [2.45, 2.75) is 134 Å². The maximum atomic E-state index is 15.3. The number of aromatic nitrogens is 2. The number of sulfonamides is 1. The summed E-state index contributed by atoms with van der Waals surface area (Å²) in [6.45, 7) is 12.9. The lowest BCUT2D eigenvalue weighted by atomic mass is 9.85. The third-order valence-electron chi connectivity index (χ3n) is 12.4. The Labute approximate surface area is 369 Å². The van der Waals surface area contributed by atoms with Crippen molar-refractivity contribution in [3.05, 3.63) is 54.6 Å². The fourth-order valence-corrected chi connectivity index (χ4v) is 10.4. The summed E-state index contributed by atoms with van der Waals surface area (Å²) in [5.74, 6) is -1.18. The molecule has 0 bridgehead atoms. The number of carboxylic acid groups (broad SMARTS) is 1. The van der Waals surface area contributed by atoms with Crippen LogP contribution < -0.4 is 24.2 Å². The average Bonchev–Trinajstić information content (AvgIpc) is 4.14. The fraction of sp³-hybridized carbons (Fsp3) is 0.565. The van der Waals surface area contributed by atoms with Gasteiger partial charge in [0, 0.05) is 29.5 Å². The number of carbonyl (C=O) groups is 4. The normalized spacial score (nSPS) is 26.8. The summed E-state index contributed by atoms with van der Waals surface area (Å²) in [6.07, 6.45) is 4.55. The zero-order valence-corrected chi connectivity index (χ0v) is 38.1. The van der Waals surface area contributed by atoms with E-state index in [1.165, 1.54) is 9.80 Å². The van der Waals surface area contributed by atoms with Gasteiger partial charge in [0.25, 0.3) is 5.91 Å². The second-order valence-electron chi connectivity index (χ2n) is 18.9. The molecule has 2 aromatic carbocycles. The van der Waals surface area contributed by atoms with Gasteiger partial charge in [-0.1, -0.05) is 26.0 Å². The first kappa shape index (κ1) is 45.6. The molecule has 4 amide bonds. The number of benzene rings is 2. The Hall–Kier alpha value is -5.45. The van der Waals surface area contributed by atoms with Gasteiger partial charge in [0.2, 0.25) is 27.7 Å². The summed E-state index contributed by atoms with van der Waals surface area (Å²) in [4.78, 5) is 69.4. The minimum atomic E-state index is -3.95.